The molecule has 0 aliphatic heterocycles. The molecule has 0 bridgehead atoms. The highest BCUT2D eigenvalue weighted by Gasteiger charge is 2.08. The smallest absolute Gasteiger partial charge is 0.310 e. The van der Waals surface area contributed by atoms with Crippen molar-refractivity contribution < 1.29 is 9.90 Å². The number of rotatable bonds is 3. The van der Waals surface area contributed by atoms with Crippen LogP contribution in [0.4, 0.5) is 0 Å². The zero-order valence-corrected chi connectivity index (χ0v) is 10.1. The number of nitrogens with one attached hydrogen (secondary N) is 1. The summed E-state index contributed by atoms with van der Waals surface area (Å²) < 4.78 is 0. The molecule has 1 aromatic carbocycles. The number of carboxylic acid groups (broad SMARTS) is 1. The Hall–Kier alpha value is -2.21. The fourth-order valence-electron chi connectivity index (χ4n) is 1.75. The van der Waals surface area contributed by atoms with Gasteiger partial charge in [0.15, 0.2) is 0 Å². The zero-order valence-electron chi connectivity index (χ0n) is 9.25. The van der Waals surface area contributed by atoms with Crippen LogP contribution in [0.1, 0.15) is 5.01 Å². The number of carboxylic acids is 1. The first-order valence-corrected chi connectivity index (χ1v) is 6.20. The van der Waals surface area contributed by atoms with Gasteiger partial charge in [0.2, 0.25) is 0 Å². The fourth-order valence-corrected chi connectivity index (χ4v) is 2.54. The standard InChI is InChI=1S/C12H9N3O2S/c16-12(17)4-11-15-10(5-18-11)7-1-2-8-9(3-7)14-6-13-8/h1-3,5-6H,4H2,(H,13,14)(H,16,17). The molecule has 0 unspecified atom stereocenters. The third-order valence-electron chi connectivity index (χ3n) is 2.57. The second-order valence-corrected chi connectivity index (χ2v) is 4.77. The lowest BCUT2D eigenvalue weighted by Crippen LogP contribution is -1.99. The monoisotopic (exact) mass is 259 g/mol. The molecule has 0 aliphatic rings. The molecule has 0 amide bonds. The second-order valence-electron chi connectivity index (χ2n) is 3.83. The number of thiazole rings is 1. The molecule has 3 aromatic rings. The van der Waals surface area contributed by atoms with E-state index >= 15 is 0 Å². The van der Waals surface area contributed by atoms with Crippen molar-refractivity contribution in [2.45, 2.75) is 6.42 Å². The number of hydrogen-bond donors (Lipinski definition) is 2. The van der Waals surface area contributed by atoms with Gasteiger partial charge < -0.3 is 10.1 Å². The molecule has 0 saturated heterocycles. The van der Waals surface area contributed by atoms with Gasteiger partial charge in [-0.15, -0.1) is 11.3 Å². The number of hydrogen-bond acceptors (Lipinski definition) is 4. The molecule has 0 atom stereocenters. The van der Waals surface area contributed by atoms with Crippen LogP contribution in [0, 0.1) is 0 Å². The quantitative estimate of drug-likeness (QED) is 0.756. The molecule has 0 saturated carbocycles. The third kappa shape index (κ3) is 1.98. The van der Waals surface area contributed by atoms with Gasteiger partial charge in [-0.2, -0.15) is 0 Å². The van der Waals surface area contributed by atoms with Gasteiger partial charge in [-0.05, 0) is 12.1 Å². The summed E-state index contributed by atoms with van der Waals surface area (Å²) >= 11 is 1.36. The van der Waals surface area contributed by atoms with Crippen molar-refractivity contribution in [2.75, 3.05) is 0 Å². The number of carbonyl (C=O) groups is 1. The Morgan fingerprint density at radius 2 is 2.33 bits per heavy atom. The number of H-pyrrole nitrogens is 1. The van der Waals surface area contributed by atoms with Gasteiger partial charge in [0, 0.05) is 10.9 Å². The topological polar surface area (TPSA) is 78.9 Å². The minimum absolute atomic E-state index is 0.0308. The van der Waals surface area contributed by atoms with Crippen molar-refractivity contribution in [3.8, 4) is 11.3 Å². The number of imidazole rings is 1. The molecular formula is C12H9N3O2S. The maximum atomic E-state index is 10.6. The van der Waals surface area contributed by atoms with Crippen molar-refractivity contribution in [3.05, 3.63) is 34.9 Å². The van der Waals surface area contributed by atoms with Crippen molar-refractivity contribution in [2.24, 2.45) is 0 Å². The zero-order chi connectivity index (χ0) is 12.5. The Morgan fingerprint density at radius 1 is 1.44 bits per heavy atom. The highest BCUT2D eigenvalue weighted by Crippen LogP contribution is 2.24. The summed E-state index contributed by atoms with van der Waals surface area (Å²) in [5.41, 5.74) is 3.60. The summed E-state index contributed by atoms with van der Waals surface area (Å²) in [5, 5.41) is 11.2. The maximum absolute atomic E-state index is 10.6. The first-order chi connectivity index (χ1) is 8.72. The molecule has 0 radical (unpaired) electrons. The van der Waals surface area contributed by atoms with Gasteiger partial charge in [-0.3, -0.25) is 4.79 Å². The summed E-state index contributed by atoms with van der Waals surface area (Å²) in [5.74, 6) is -0.861. The molecule has 0 fully saturated rings. The summed E-state index contributed by atoms with van der Waals surface area (Å²) in [6.45, 7) is 0. The molecule has 18 heavy (non-hydrogen) atoms. The number of aliphatic carboxylic acids is 1. The van der Waals surface area contributed by atoms with Gasteiger partial charge in [-0.1, -0.05) is 6.07 Å². The Kier molecular flexibility index (Phi) is 2.56. The Morgan fingerprint density at radius 3 is 3.17 bits per heavy atom. The highest BCUT2D eigenvalue weighted by atomic mass is 32.1. The van der Waals surface area contributed by atoms with Crippen molar-refractivity contribution in [1.82, 2.24) is 15.0 Å². The van der Waals surface area contributed by atoms with Crippen LogP contribution < -0.4 is 0 Å². The van der Waals surface area contributed by atoms with Gasteiger partial charge in [0.1, 0.15) is 5.01 Å². The largest absolute Gasteiger partial charge is 0.481 e. The van der Waals surface area contributed by atoms with E-state index in [1.54, 1.807) is 6.33 Å². The normalized spacial score (nSPS) is 10.9. The Labute approximate surface area is 106 Å². The van der Waals surface area contributed by atoms with Crippen LogP contribution >= 0.6 is 11.3 Å². The van der Waals surface area contributed by atoms with E-state index in [1.807, 2.05) is 23.6 Å². The first-order valence-electron chi connectivity index (χ1n) is 5.32. The summed E-state index contributed by atoms with van der Waals surface area (Å²) in [6.07, 6.45) is 1.61. The number of benzene rings is 1. The lowest BCUT2D eigenvalue weighted by Gasteiger charge is -1.96. The van der Waals surface area contributed by atoms with E-state index in [0.717, 1.165) is 22.3 Å². The van der Waals surface area contributed by atoms with Gasteiger partial charge in [0.25, 0.3) is 0 Å². The highest BCUT2D eigenvalue weighted by molar-refractivity contribution is 7.10. The molecule has 0 spiro atoms. The molecule has 5 nitrogen and oxygen atoms in total. The summed E-state index contributed by atoms with van der Waals surface area (Å²) in [6, 6.07) is 5.81. The maximum Gasteiger partial charge on any atom is 0.310 e. The van der Waals surface area contributed by atoms with Crippen LogP contribution in [-0.2, 0) is 11.2 Å². The SMILES string of the molecule is O=C(O)Cc1nc(-c2ccc3nc[nH]c3c2)cs1. The van der Waals surface area contributed by atoms with Gasteiger partial charge >= 0.3 is 5.97 Å². The number of nitrogens with zero attached hydrogens (tertiary/aromatic N) is 2. The first kappa shape index (κ1) is 10.9. The average Bonchev–Trinajstić information content (AvgIpc) is 2.95. The lowest BCUT2D eigenvalue weighted by molar-refractivity contribution is -0.136. The van der Waals surface area contributed by atoms with E-state index in [-0.39, 0.29) is 6.42 Å². The van der Waals surface area contributed by atoms with E-state index in [0.29, 0.717) is 5.01 Å². The van der Waals surface area contributed by atoms with Gasteiger partial charge in [0.05, 0.1) is 29.5 Å². The van der Waals surface area contributed by atoms with Crippen LogP contribution in [0.5, 0.6) is 0 Å². The van der Waals surface area contributed by atoms with E-state index in [1.165, 1.54) is 11.3 Å². The number of aromatic nitrogens is 3. The average molecular weight is 259 g/mol. The van der Waals surface area contributed by atoms with Crippen molar-refractivity contribution in [1.29, 1.82) is 0 Å². The molecular weight excluding hydrogens is 250 g/mol. The van der Waals surface area contributed by atoms with Crippen LogP contribution in [0.2, 0.25) is 0 Å². The van der Waals surface area contributed by atoms with Crippen LogP contribution in [0.25, 0.3) is 22.3 Å². The summed E-state index contributed by atoms with van der Waals surface area (Å²) in [4.78, 5) is 22.1. The predicted molar refractivity (Wildman–Crippen MR) is 68.5 cm³/mol. The van der Waals surface area contributed by atoms with Crippen LogP contribution in [-0.4, -0.2) is 26.0 Å². The Balaban J connectivity index is 1.97. The van der Waals surface area contributed by atoms with Crippen molar-refractivity contribution in [3.63, 3.8) is 0 Å². The van der Waals surface area contributed by atoms with Crippen LogP contribution in [0.3, 0.4) is 0 Å². The fraction of sp³-hybridized carbons (Fsp3) is 0.0833. The summed E-state index contributed by atoms with van der Waals surface area (Å²) in [7, 11) is 0. The molecule has 3 rings (SSSR count). The Bertz CT molecular complexity index is 717. The van der Waals surface area contributed by atoms with E-state index in [9.17, 15) is 4.79 Å². The van der Waals surface area contributed by atoms with E-state index < -0.39 is 5.97 Å². The third-order valence-corrected chi connectivity index (χ3v) is 3.42. The lowest BCUT2D eigenvalue weighted by atomic mass is 10.1. The second kappa shape index (κ2) is 4.23. The van der Waals surface area contributed by atoms with Crippen molar-refractivity contribution >= 4 is 28.3 Å². The minimum Gasteiger partial charge on any atom is -0.481 e. The number of aromatic amines is 1. The minimum atomic E-state index is -0.861. The van der Waals surface area contributed by atoms with E-state index in [4.69, 9.17) is 5.11 Å². The number of fused-ring (bicyclic) bond motifs is 1. The molecule has 90 valence electrons. The molecule has 2 heterocycles. The molecule has 2 aromatic heterocycles. The molecule has 6 heteroatoms. The van der Waals surface area contributed by atoms with Gasteiger partial charge in [-0.25, -0.2) is 9.97 Å². The molecule has 2 N–H and O–H groups in total. The predicted octanol–water partition coefficient (Wildman–Crippen LogP) is 2.31. The molecule has 0 aliphatic carbocycles. The van der Waals surface area contributed by atoms with E-state index in [2.05, 4.69) is 15.0 Å². The van der Waals surface area contributed by atoms with Crippen LogP contribution in [0.15, 0.2) is 29.9 Å².